The third-order valence-electron chi connectivity index (χ3n) is 3.74. The van der Waals surface area contributed by atoms with Crippen molar-refractivity contribution in [2.24, 2.45) is 5.92 Å². The van der Waals surface area contributed by atoms with Crippen LogP contribution in [0.1, 0.15) is 31.2 Å². The summed E-state index contributed by atoms with van der Waals surface area (Å²) in [6.45, 7) is 0.806. The minimum absolute atomic E-state index is 0.348. The van der Waals surface area contributed by atoms with Crippen LogP contribution in [0.3, 0.4) is 0 Å². The highest BCUT2D eigenvalue weighted by Gasteiger charge is 2.41. The summed E-state index contributed by atoms with van der Waals surface area (Å²) in [5, 5.41) is 0. The van der Waals surface area contributed by atoms with E-state index in [1.165, 1.54) is 18.4 Å². The van der Waals surface area contributed by atoms with Crippen LogP contribution in [0.25, 0.3) is 0 Å². The van der Waals surface area contributed by atoms with Crippen LogP contribution in [-0.4, -0.2) is 16.8 Å². The molecule has 1 aliphatic carbocycles. The molecule has 0 aromatic heterocycles. The Labute approximate surface area is 96.3 Å². The molecular formula is C14H17NO. The summed E-state index contributed by atoms with van der Waals surface area (Å²) in [6, 6.07) is 10.9. The third kappa shape index (κ3) is 1.84. The van der Waals surface area contributed by atoms with Gasteiger partial charge in [0.15, 0.2) is 0 Å². The summed E-state index contributed by atoms with van der Waals surface area (Å²) in [7, 11) is 0. The van der Waals surface area contributed by atoms with Crippen molar-refractivity contribution in [3.8, 4) is 0 Å². The Kier molecular flexibility index (Phi) is 2.43. The Bertz CT molecular complexity index is 383. The number of benzene rings is 1. The second-order valence-electron chi connectivity index (χ2n) is 4.95. The lowest BCUT2D eigenvalue weighted by Gasteiger charge is -2.24. The molecule has 1 saturated carbocycles. The van der Waals surface area contributed by atoms with Crippen molar-refractivity contribution < 1.29 is 4.79 Å². The maximum Gasteiger partial charge on any atom is 0.223 e. The van der Waals surface area contributed by atoms with Crippen LogP contribution in [0.15, 0.2) is 30.3 Å². The first-order valence-corrected chi connectivity index (χ1v) is 6.18. The number of nitrogens with zero attached hydrogens (tertiary/aromatic N) is 1. The van der Waals surface area contributed by atoms with Gasteiger partial charge in [0.2, 0.25) is 5.91 Å². The van der Waals surface area contributed by atoms with Crippen molar-refractivity contribution in [3.63, 3.8) is 0 Å². The van der Waals surface area contributed by atoms with E-state index in [1.807, 2.05) is 18.2 Å². The van der Waals surface area contributed by atoms with Crippen LogP contribution in [-0.2, 0) is 11.3 Å². The van der Waals surface area contributed by atoms with Crippen LogP contribution < -0.4 is 0 Å². The number of carbonyl (C=O) groups is 1. The summed E-state index contributed by atoms with van der Waals surface area (Å²) >= 11 is 0. The summed E-state index contributed by atoms with van der Waals surface area (Å²) in [4.78, 5) is 14.0. The molecule has 0 radical (unpaired) electrons. The van der Waals surface area contributed by atoms with Crippen molar-refractivity contribution in [2.75, 3.05) is 0 Å². The van der Waals surface area contributed by atoms with E-state index in [4.69, 9.17) is 0 Å². The van der Waals surface area contributed by atoms with Crippen LogP contribution in [0, 0.1) is 5.92 Å². The number of hydrogen-bond donors (Lipinski definition) is 0. The van der Waals surface area contributed by atoms with E-state index in [1.54, 1.807) is 0 Å². The Morgan fingerprint density at radius 2 is 1.88 bits per heavy atom. The molecule has 1 heterocycles. The number of likely N-dealkylation sites (tertiary alicyclic amines) is 1. The fraction of sp³-hybridized carbons (Fsp3) is 0.500. The van der Waals surface area contributed by atoms with Crippen molar-refractivity contribution in [3.05, 3.63) is 35.9 Å². The van der Waals surface area contributed by atoms with E-state index in [0.29, 0.717) is 11.9 Å². The molecule has 3 rings (SSSR count). The molecule has 1 unspecified atom stereocenters. The summed E-state index contributed by atoms with van der Waals surface area (Å²) in [6.07, 6.45) is 4.48. The quantitative estimate of drug-likeness (QED) is 0.759. The fourth-order valence-electron chi connectivity index (χ4n) is 2.71. The first-order chi connectivity index (χ1) is 7.84. The normalized spacial score (nSPS) is 25.1. The Morgan fingerprint density at radius 3 is 2.56 bits per heavy atom. The predicted octanol–water partition coefficient (Wildman–Crippen LogP) is 2.59. The van der Waals surface area contributed by atoms with E-state index >= 15 is 0 Å². The molecule has 1 saturated heterocycles. The molecule has 1 aliphatic heterocycles. The van der Waals surface area contributed by atoms with E-state index in [9.17, 15) is 4.79 Å². The molecule has 2 nitrogen and oxygen atoms in total. The maximum absolute atomic E-state index is 11.8. The van der Waals surface area contributed by atoms with Crippen molar-refractivity contribution in [1.29, 1.82) is 0 Å². The minimum Gasteiger partial charge on any atom is -0.335 e. The van der Waals surface area contributed by atoms with Gasteiger partial charge in [0.1, 0.15) is 0 Å². The van der Waals surface area contributed by atoms with Gasteiger partial charge in [-0.3, -0.25) is 4.79 Å². The third-order valence-corrected chi connectivity index (χ3v) is 3.74. The summed E-state index contributed by atoms with van der Waals surface area (Å²) in [5.74, 6) is 1.15. The highest BCUT2D eigenvalue weighted by atomic mass is 16.2. The maximum atomic E-state index is 11.8. The molecule has 16 heavy (non-hydrogen) atoms. The molecule has 0 bridgehead atoms. The molecule has 0 N–H and O–H groups in total. The molecular weight excluding hydrogens is 198 g/mol. The highest BCUT2D eigenvalue weighted by molar-refractivity contribution is 5.78. The van der Waals surface area contributed by atoms with E-state index < -0.39 is 0 Å². The van der Waals surface area contributed by atoms with Gasteiger partial charge in [0.05, 0.1) is 0 Å². The Balaban J connectivity index is 1.74. The highest BCUT2D eigenvalue weighted by Crippen LogP contribution is 2.40. The molecule has 84 valence electrons. The second-order valence-corrected chi connectivity index (χ2v) is 4.95. The zero-order valence-electron chi connectivity index (χ0n) is 9.43. The van der Waals surface area contributed by atoms with E-state index in [2.05, 4.69) is 17.0 Å². The molecule has 0 spiro atoms. The van der Waals surface area contributed by atoms with Gasteiger partial charge >= 0.3 is 0 Å². The lowest BCUT2D eigenvalue weighted by molar-refractivity contribution is -0.129. The Morgan fingerprint density at radius 1 is 1.12 bits per heavy atom. The molecule has 1 aromatic rings. The average molecular weight is 215 g/mol. The first kappa shape index (κ1) is 9.88. The summed E-state index contributed by atoms with van der Waals surface area (Å²) < 4.78 is 0. The fourth-order valence-corrected chi connectivity index (χ4v) is 2.71. The van der Waals surface area contributed by atoms with Gasteiger partial charge in [-0.05, 0) is 30.7 Å². The van der Waals surface area contributed by atoms with E-state index in [0.717, 1.165) is 25.3 Å². The standard InChI is InChI=1S/C14H17NO/c16-14-9-8-13(12-6-7-12)15(14)10-11-4-2-1-3-5-11/h1-5,12-13H,6-10H2. The topological polar surface area (TPSA) is 20.3 Å². The summed E-state index contributed by atoms with van der Waals surface area (Å²) in [5.41, 5.74) is 1.25. The molecule has 2 heteroatoms. The van der Waals surface area contributed by atoms with E-state index in [-0.39, 0.29) is 0 Å². The van der Waals surface area contributed by atoms with Crippen LogP contribution in [0.5, 0.6) is 0 Å². The van der Waals surface area contributed by atoms with Gasteiger partial charge in [-0.2, -0.15) is 0 Å². The first-order valence-electron chi connectivity index (χ1n) is 6.18. The molecule has 2 aliphatic rings. The van der Waals surface area contributed by atoms with Gasteiger partial charge in [-0.25, -0.2) is 0 Å². The minimum atomic E-state index is 0.348. The molecule has 1 atom stereocenters. The number of hydrogen-bond acceptors (Lipinski definition) is 1. The lowest BCUT2D eigenvalue weighted by atomic mass is 10.1. The number of rotatable bonds is 3. The zero-order chi connectivity index (χ0) is 11.0. The van der Waals surface area contributed by atoms with Gasteiger partial charge in [0, 0.05) is 19.0 Å². The van der Waals surface area contributed by atoms with Gasteiger partial charge in [0.25, 0.3) is 0 Å². The Hall–Kier alpha value is -1.31. The zero-order valence-corrected chi connectivity index (χ0v) is 9.43. The average Bonchev–Trinajstić information content (AvgIpc) is 3.08. The van der Waals surface area contributed by atoms with Crippen molar-refractivity contribution in [2.45, 2.75) is 38.3 Å². The lowest BCUT2D eigenvalue weighted by Crippen LogP contribution is -2.33. The molecule has 1 aromatic carbocycles. The number of amides is 1. The second kappa shape index (κ2) is 3.93. The number of carbonyl (C=O) groups excluding carboxylic acids is 1. The molecule has 2 fully saturated rings. The smallest absolute Gasteiger partial charge is 0.223 e. The van der Waals surface area contributed by atoms with Crippen molar-refractivity contribution in [1.82, 2.24) is 4.90 Å². The van der Waals surface area contributed by atoms with Gasteiger partial charge in [-0.1, -0.05) is 30.3 Å². The van der Waals surface area contributed by atoms with Crippen molar-refractivity contribution >= 4 is 5.91 Å². The van der Waals surface area contributed by atoms with Crippen LogP contribution in [0.4, 0.5) is 0 Å². The van der Waals surface area contributed by atoms with Crippen LogP contribution in [0.2, 0.25) is 0 Å². The predicted molar refractivity (Wildman–Crippen MR) is 62.7 cm³/mol. The molecule has 1 amide bonds. The SMILES string of the molecule is O=C1CCC(C2CC2)N1Cc1ccccc1. The monoisotopic (exact) mass is 215 g/mol. The largest absolute Gasteiger partial charge is 0.335 e. The van der Waals surface area contributed by atoms with Gasteiger partial charge in [-0.15, -0.1) is 0 Å². The van der Waals surface area contributed by atoms with Gasteiger partial charge < -0.3 is 4.90 Å². The van der Waals surface area contributed by atoms with Crippen LogP contribution >= 0.6 is 0 Å².